The zero-order valence-corrected chi connectivity index (χ0v) is 13.1. The van der Waals surface area contributed by atoms with Gasteiger partial charge in [0.15, 0.2) is 5.65 Å². The van der Waals surface area contributed by atoms with Gasteiger partial charge < -0.3 is 4.57 Å². The van der Waals surface area contributed by atoms with Gasteiger partial charge in [-0.25, -0.2) is 9.97 Å². The predicted octanol–water partition coefficient (Wildman–Crippen LogP) is 3.47. The second-order valence-electron chi connectivity index (χ2n) is 5.58. The van der Waals surface area contributed by atoms with Crippen LogP contribution in [-0.2, 0) is 13.0 Å². The van der Waals surface area contributed by atoms with Crippen molar-refractivity contribution in [3.8, 4) is 0 Å². The Balaban J connectivity index is 2.14. The quantitative estimate of drug-likeness (QED) is 0.692. The van der Waals surface area contributed by atoms with Gasteiger partial charge >= 0.3 is 0 Å². The molecule has 0 bridgehead atoms. The second-order valence-corrected chi connectivity index (χ2v) is 5.58. The minimum Gasteiger partial charge on any atom is -0.308 e. The van der Waals surface area contributed by atoms with Crippen LogP contribution in [0.5, 0.6) is 0 Å². The van der Waals surface area contributed by atoms with E-state index in [0.717, 1.165) is 46.5 Å². The van der Waals surface area contributed by atoms with Gasteiger partial charge in [-0.15, -0.1) is 0 Å². The van der Waals surface area contributed by atoms with Crippen LogP contribution in [0.15, 0.2) is 30.3 Å². The Morgan fingerprint density at radius 3 is 2.73 bits per heavy atom. The maximum atomic E-state index is 11.0. The van der Waals surface area contributed by atoms with Crippen molar-refractivity contribution in [1.29, 1.82) is 0 Å². The Morgan fingerprint density at radius 1 is 1.18 bits per heavy atom. The summed E-state index contributed by atoms with van der Waals surface area (Å²) in [6, 6.07) is 9.73. The van der Waals surface area contributed by atoms with Gasteiger partial charge in [-0.1, -0.05) is 25.1 Å². The molecule has 0 radical (unpaired) electrons. The number of carbonyl (C=O) groups excluding carboxylic acids is 1. The van der Waals surface area contributed by atoms with Crippen LogP contribution in [0.25, 0.3) is 11.2 Å². The average molecular weight is 293 g/mol. The number of aromatic nitrogens is 3. The van der Waals surface area contributed by atoms with Crippen LogP contribution in [0.3, 0.4) is 0 Å². The zero-order chi connectivity index (χ0) is 15.7. The van der Waals surface area contributed by atoms with Crippen molar-refractivity contribution in [3.63, 3.8) is 0 Å². The van der Waals surface area contributed by atoms with E-state index in [0.29, 0.717) is 12.1 Å². The van der Waals surface area contributed by atoms with E-state index < -0.39 is 0 Å². The van der Waals surface area contributed by atoms with E-state index in [9.17, 15) is 4.79 Å². The molecule has 112 valence electrons. The van der Waals surface area contributed by atoms with Crippen molar-refractivity contribution in [3.05, 3.63) is 58.5 Å². The number of hydrogen-bond donors (Lipinski definition) is 0. The summed E-state index contributed by atoms with van der Waals surface area (Å²) >= 11 is 0. The molecule has 0 saturated heterocycles. The van der Waals surface area contributed by atoms with Crippen molar-refractivity contribution < 1.29 is 4.79 Å². The number of aldehydes is 1. The number of carbonyl (C=O) groups is 1. The maximum absolute atomic E-state index is 11.0. The number of aryl methyl sites for hydroxylation is 3. The lowest BCUT2D eigenvalue weighted by Gasteiger charge is -2.09. The molecule has 0 saturated carbocycles. The first-order chi connectivity index (χ1) is 10.6. The van der Waals surface area contributed by atoms with Crippen molar-refractivity contribution in [2.75, 3.05) is 0 Å². The molecule has 2 heterocycles. The summed E-state index contributed by atoms with van der Waals surface area (Å²) in [5.41, 5.74) is 5.81. The number of nitrogens with zero attached hydrogens (tertiary/aromatic N) is 3. The van der Waals surface area contributed by atoms with E-state index in [-0.39, 0.29) is 0 Å². The minimum absolute atomic E-state index is 0.678. The predicted molar refractivity (Wildman–Crippen MR) is 87.3 cm³/mol. The van der Waals surface area contributed by atoms with E-state index in [2.05, 4.69) is 29.5 Å². The van der Waals surface area contributed by atoms with Crippen LogP contribution in [0, 0.1) is 13.8 Å². The highest BCUT2D eigenvalue weighted by atomic mass is 16.1. The molecule has 0 aliphatic heterocycles. The van der Waals surface area contributed by atoms with Crippen molar-refractivity contribution in [2.24, 2.45) is 0 Å². The highest BCUT2D eigenvalue weighted by molar-refractivity contribution is 5.76. The summed E-state index contributed by atoms with van der Waals surface area (Å²) in [5.74, 6) is 1.02. The van der Waals surface area contributed by atoms with Crippen LogP contribution in [0.2, 0.25) is 0 Å². The van der Waals surface area contributed by atoms with Gasteiger partial charge in [-0.3, -0.25) is 4.79 Å². The molecule has 0 amide bonds. The summed E-state index contributed by atoms with van der Waals surface area (Å²) in [6.07, 6.45) is 1.73. The molecule has 0 atom stereocenters. The van der Waals surface area contributed by atoms with Crippen molar-refractivity contribution >= 4 is 17.5 Å². The Morgan fingerprint density at radius 2 is 2.00 bits per heavy atom. The fraction of sp³-hybridized carbons (Fsp3) is 0.278. The number of rotatable bonds is 4. The fourth-order valence-electron chi connectivity index (χ4n) is 2.83. The topological polar surface area (TPSA) is 47.8 Å². The van der Waals surface area contributed by atoms with Crippen LogP contribution in [0.1, 0.15) is 39.9 Å². The monoisotopic (exact) mass is 293 g/mol. The molecule has 0 aliphatic carbocycles. The van der Waals surface area contributed by atoms with Gasteiger partial charge in [0.2, 0.25) is 0 Å². The molecule has 1 aromatic carbocycles. The average Bonchev–Trinajstić information content (AvgIpc) is 2.86. The number of benzene rings is 1. The van der Waals surface area contributed by atoms with E-state index in [4.69, 9.17) is 4.98 Å². The third kappa shape index (κ3) is 2.52. The molecular formula is C18H19N3O. The normalized spacial score (nSPS) is 11.0. The molecule has 0 fully saturated rings. The van der Waals surface area contributed by atoms with Gasteiger partial charge in [-0.2, -0.15) is 0 Å². The van der Waals surface area contributed by atoms with Gasteiger partial charge in [0.25, 0.3) is 0 Å². The maximum Gasteiger partial charge on any atom is 0.160 e. The summed E-state index contributed by atoms with van der Waals surface area (Å²) < 4.78 is 2.15. The second kappa shape index (κ2) is 5.72. The third-order valence-corrected chi connectivity index (χ3v) is 3.85. The first kappa shape index (κ1) is 14.4. The molecule has 0 N–H and O–H groups in total. The molecule has 4 nitrogen and oxygen atoms in total. The lowest BCUT2D eigenvalue weighted by molar-refractivity contribution is 0.112. The first-order valence-electron chi connectivity index (χ1n) is 7.50. The number of pyridine rings is 1. The lowest BCUT2D eigenvalue weighted by atomic mass is 10.1. The Hall–Kier alpha value is -2.49. The SMILES string of the molecule is CCc1nc2c(C)cc(C)nc2n1Cc1cccc(C=O)c1. The standard InChI is InChI=1S/C18H19N3O/c1-4-16-20-17-12(2)8-13(3)19-18(17)21(16)10-14-6-5-7-15(9-14)11-22/h5-9,11H,4,10H2,1-3H3. The first-order valence-corrected chi connectivity index (χ1v) is 7.50. The Kier molecular flexibility index (Phi) is 3.75. The molecule has 22 heavy (non-hydrogen) atoms. The number of hydrogen-bond acceptors (Lipinski definition) is 3. The Bertz CT molecular complexity index is 849. The summed E-state index contributed by atoms with van der Waals surface area (Å²) in [5, 5.41) is 0. The molecule has 3 rings (SSSR count). The summed E-state index contributed by atoms with van der Waals surface area (Å²) in [6.45, 7) is 6.85. The largest absolute Gasteiger partial charge is 0.308 e. The smallest absolute Gasteiger partial charge is 0.160 e. The van der Waals surface area contributed by atoms with Gasteiger partial charge in [0.1, 0.15) is 17.6 Å². The fourth-order valence-corrected chi connectivity index (χ4v) is 2.83. The minimum atomic E-state index is 0.678. The molecule has 0 aliphatic rings. The van der Waals surface area contributed by atoms with Crippen LogP contribution >= 0.6 is 0 Å². The molecule has 2 aromatic heterocycles. The van der Waals surface area contributed by atoms with Crippen LogP contribution in [0.4, 0.5) is 0 Å². The van der Waals surface area contributed by atoms with Gasteiger partial charge in [-0.05, 0) is 37.1 Å². The van der Waals surface area contributed by atoms with Gasteiger partial charge in [0, 0.05) is 17.7 Å². The number of imidazole rings is 1. The third-order valence-electron chi connectivity index (χ3n) is 3.85. The van der Waals surface area contributed by atoms with E-state index in [1.54, 1.807) is 0 Å². The van der Waals surface area contributed by atoms with E-state index >= 15 is 0 Å². The molecular weight excluding hydrogens is 274 g/mol. The van der Waals surface area contributed by atoms with E-state index in [1.165, 1.54) is 0 Å². The van der Waals surface area contributed by atoms with Crippen molar-refractivity contribution in [2.45, 2.75) is 33.7 Å². The zero-order valence-electron chi connectivity index (χ0n) is 13.1. The van der Waals surface area contributed by atoms with E-state index in [1.807, 2.05) is 31.2 Å². The highest BCUT2D eigenvalue weighted by Gasteiger charge is 2.13. The Labute approximate surface area is 129 Å². The van der Waals surface area contributed by atoms with Gasteiger partial charge in [0.05, 0.1) is 6.54 Å². The summed E-state index contributed by atoms with van der Waals surface area (Å²) in [4.78, 5) is 20.4. The van der Waals surface area contributed by atoms with Crippen LogP contribution in [-0.4, -0.2) is 20.8 Å². The lowest BCUT2D eigenvalue weighted by Crippen LogP contribution is -2.06. The number of fused-ring (bicyclic) bond motifs is 1. The summed E-state index contributed by atoms with van der Waals surface area (Å²) in [7, 11) is 0. The molecule has 0 unspecified atom stereocenters. The molecule has 0 spiro atoms. The van der Waals surface area contributed by atoms with Crippen LogP contribution < -0.4 is 0 Å². The van der Waals surface area contributed by atoms with Crippen molar-refractivity contribution in [1.82, 2.24) is 14.5 Å². The molecule has 3 aromatic rings. The molecule has 4 heteroatoms. The highest BCUT2D eigenvalue weighted by Crippen LogP contribution is 2.21.